The number of para-hydroxylation sites is 2. The van der Waals surface area contributed by atoms with E-state index in [2.05, 4.69) is 16.0 Å². The summed E-state index contributed by atoms with van der Waals surface area (Å²) in [4.78, 5) is 30.9. The van der Waals surface area contributed by atoms with E-state index in [1.807, 2.05) is 29.6 Å². The van der Waals surface area contributed by atoms with Crippen LogP contribution >= 0.6 is 0 Å². The molecule has 0 aliphatic carbocycles. The number of nitrogens with zero attached hydrogens (tertiary/aromatic N) is 1. The van der Waals surface area contributed by atoms with Crippen molar-refractivity contribution < 1.29 is 10.4 Å². The standard InChI is InChI=1S/C21H18N4O3/c26-19-16(20(27)25(21(28)24-19)12-6-2-1-3-7-12)18-17-14(10-11-22-18)13-8-4-5-9-15(13)23-17/h1-9,18,22-23,27H,10-11H2,(H,24,26,28)/p+1/t18-/m1/s1. The number of aromatic amines is 2. The minimum absolute atomic E-state index is 0.177. The van der Waals surface area contributed by atoms with Gasteiger partial charge in [-0.15, -0.1) is 0 Å². The molecule has 7 heteroatoms. The van der Waals surface area contributed by atoms with E-state index in [1.165, 1.54) is 0 Å². The van der Waals surface area contributed by atoms with E-state index in [9.17, 15) is 14.7 Å². The van der Waals surface area contributed by atoms with Gasteiger partial charge in [0.15, 0.2) is 6.04 Å². The minimum Gasteiger partial charge on any atom is -0.494 e. The Morgan fingerprint density at radius 3 is 2.57 bits per heavy atom. The number of nitrogens with one attached hydrogen (secondary N) is 2. The third-order valence-electron chi connectivity index (χ3n) is 5.40. The highest BCUT2D eigenvalue weighted by Crippen LogP contribution is 2.32. The first-order chi connectivity index (χ1) is 13.6. The molecular formula is C21H19N4O3+. The highest BCUT2D eigenvalue weighted by molar-refractivity contribution is 5.85. The summed E-state index contributed by atoms with van der Waals surface area (Å²) in [6.07, 6.45) is 0.868. The minimum atomic E-state index is -0.662. The number of quaternary nitrogens is 1. The summed E-state index contributed by atoms with van der Waals surface area (Å²) < 4.78 is 1.14. The first-order valence-electron chi connectivity index (χ1n) is 9.21. The smallest absolute Gasteiger partial charge is 0.335 e. The number of hydrogen-bond donors (Lipinski definition) is 4. The summed E-state index contributed by atoms with van der Waals surface area (Å²) in [7, 11) is 0. The predicted octanol–water partition coefficient (Wildman–Crippen LogP) is 0.922. The molecule has 0 radical (unpaired) electrons. The van der Waals surface area contributed by atoms with Crippen molar-refractivity contribution >= 4 is 10.9 Å². The first kappa shape index (κ1) is 16.6. The molecule has 0 saturated heterocycles. The van der Waals surface area contributed by atoms with E-state index >= 15 is 0 Å². The highest BCUT2D eigenvalue weighted by Gasteiger charge is 2.34. The van der Waals surface area contributed by atoms with Crippen molar-refractivity contribution in [2.24, 2.45) is 0 Å². The van der Waals surface area contributed by atoms with Crippen LogP contribution in [0.5, 0.6) is 5.88 Å². The Labute approximate surface area is 159 Å². The lowest BCUT2D eigenvalue weighted by molar-refractivity contribution is -0.690. The zero-order valence-corrected chi connectivity index (χ0v) is 15.0. The normalized spacial score (nSPS) is 16.2. The molecule has 1 aliphatic rings. The Hall–Kier alpha value is -3.58. The van der Waals surface area contributed by atoms with Crippen LogP contribution in [0.25, 0.3) is 16.6 Å². The van der Waals surface area contributed by atoms with Crippen LogP contribution in [0.4, 0.5) is 0 Å². The van der Waals surface area contributed by atoms with E-state index in [0.29, 0.717) is 5.69 Å². The Bertz CT molecular complexity index is 1300. The van der Waals surface area contributed by atoms with Crippen LogP contribution < -0.4 is 16.6 Å². The molecule has 3 heterocycles. The Morgan fingerprint density at radius 2 is 1.75 bits per heavy atom. The quantitative estimate of drug-likeness (QED) is 0.418. The topological polar surface area (TPSA) is 107 Å². The highest BCUT2D eigenvalue weighted by atomic mass is 16.3. The van der Waals surface area contributed by atoms with Gasteiger partial charge in [-0.2, -0.15) is 0 Å². The maximum Gasteiger partial charge on any atom is 0.335 e. The molecule has 0 fully saturated rings. The van der Waals surface area contributed by atoms with Gasteiger partial charge < -0.3 is 15.4 Å². The zero-order chi connectivity index (χ0) is 19.3. The molecular weight excluding hydrogens is 356 g/mol. The molecule has 0 amide bonds. The van der Waals surface area contributed by atoms with E-state index in [1.54, 1.807) is 24.3 Å². The van der Waals surface area contributed by atoms with Crippen LogP contribution in [0, 0.1) is 0 Å². The number of aromatic nitrogens is 3. The van der Waals surface area contributed by atoms with Crippen LogP contribution in [-0.2, 0) is 6.42 Å². The molecule has 1 atom stereocenters. The van der Waals surface area contributed by atoms with E-state index in [0.717, 1.165) is 39.7 Å². The van der Waals surface area contributed by atoms with Crippen molar-refractivity contribution in [2.75, 3.05) is 6.54 Å². The largest absolute Gasteiger partial charge is 0.494 e. The van der Waals surface area contributed by atoms with Crippen LogP contribution in [0.1, 0.15) is 22.9 Å². The summed E-state index contributed by atoms with van der Waals surface area (Å²) in [6, 6.07) is 16.4. The molecule has 140 valence electrons. The lowest BCUT2D eigenvalue weighted by Crippen LogP contribution is -2.87. The molecule has 0 bridgehead atoms. The maximum atomic E-state index is 12.7. The number of nitrogens with two attached hydrogens (primary N) is 1. The lowest BCUT2D eigenvalue weighted by Gasteiger charge is -2.22. The van der Waals surface area contributed by atoms with E-state index in [-0.39, 0.29) is 11.4 Å². The molecule has 7 nitrogen and oxygen atoms in total. The van der Waals surface area contributed by atoms with Crippen molar-refractivity contribution in [3.8, 4) is 11.6 Å². The van der Waals surface area contributed by atoms with Crippen molar-refractivity contribution in [1.29, 1.82) is 0 Å². The van der Waals surface area contributed by atoms with Crippen molar-refractivity contribution in [3.63, 3.8) is 0 Å². The van der Waals surface area contributed by atoms with Crippen molar-refractivity contribution in [3.05, 3.63) is 92.3 Å². The molecule has 2 aromatic heterocycles. The fraction of sp³-hybridized carbons (Fsp3) is 0.143. The SMILES string of the molecule is O=c1[nH]c(=O)n(-c2ccccc2)c(O)c1[C@H]1[NH2+]CCc2c1[nH]c1ccccc21. The van der Waals surface area contributed by atoms with E-state index in [4.69, 9.17) is 0 Å². The van der Waals surface area contributed by atoms with Gasteiger partial charge in [0.25, 0.3) is 5.56 Å². The zero-order valence-electron chi connectivity index (χ0n) is 15.0. The number of H-pyrrole nitrogens is 2. The van der Waals surface area contributed by atoms with Crippen molar-refractivity contribution in [1.82, 2.24) is 14.5 Å². The lowest BCUT2D eigenvalue weighted by atomic mass is 9.95. The molecule has 5 rings (SSSR count). The van der Waals surface area contributed by atoms with Crippen LogP contribution in [0.3, 0.4) is 0 Å². The van der Waals surface area contributed by atoms with Gasteiger partial charge in [0.2, 0.25) is 5.88 Å². The summed E-state index contributed by atoms with van der Waals surface area (Å²) in [5, 5.41) is 14.1. The van der Waals surface area contributed by atoms with Crippen LogP contribution in [-0.4, -0.2) is 26.2 Å². The van der Waals surface area contributed by atoms with Gasteiger partial charge in [0.1, 0.15) is 5.56 Å². The third kappa shape index (κ3) is 2.40. The van der Waals surface area contributed by atoms with Gasteiger partial charge in [-0.25, -0.2) is 9.36 Å². The van der Waals surface area contributed by atoms with Crippen LogP contribution in [0.2, 0.25) is 0 Å². The molecule has 4 aromatic rings. The monoisotopic (exact) mass is 375 g/mol. The number of aromatic hydroxyl groups is 1. The Kier molecular flexibility index (Phi) is 3.70. The van der Waals surface area contributed by atoms with Crippen LogP contribution in [0.15, 0.2) is 64.2 Å². The summed E-state index contributed by atoms with van der Waals surface area (Å²) in [5.41, 5.74) is 2.49. The van der Waals surface area contributed by atoms with Gasteiger partial charge in [-0.1, -0.05) is 36.4 Å². The predicted molar refractivity (Wildman–Crippen MR) is 105 cm³/mol. The van der Waals surface area contributed by atoms with E-state index < -0.39 is 17.3 Å². The summed E-state index contributed by atoms with van der Waals surface area (Å²) in [5.74, 6) is -0.326. The van der Waals surface area contributed by atoms with Gasteiger partial charge in [0.05, 0.1) is 17.9 Å². The van der Waals surface area contributed by atoms with Gasteiger partial charge in [-0.3, -0.25) is 9.78 Å². The van der Waals surface area contributed by atoms with Gasteiger partial charge in [0, 0.05) is 17.3 Å². The average molecular weight is 375 g/mol. The molecule has 0 spiro atoms. The second kappa shape index (κ2) is 6.24. The summed E-state index contributed by atoms with van der Waals surface area (Å²) >= 11 is 0. The molecule has 1 aliphatic heterocycles. The summed E-state index contributed by atoms with van der Waals surface area (Å²) in [6.45, 7) is 0.781. The molecule has 0 saturated carbocycles. The fourth-order valence-electron chi connectivity index (χ4n) is 4.17. The molecule has 2 aromatic carbocycles. The third-order valence-corrected chi connectivity index (χ3v) is 5.40. The second-order valence-corrected chi connectivity index (χ2v) is 6.98. The molecule has 0 unspecified atom stereocenters. The Morgan fingerprint density at radius 1 is 1.00 bits per heavy atom. The average Bonchev–Trinajstić information content (AvgIpc) is 3.08. The fourth-order valence-corrected chi connectivity index (χ4v) is 4.17. The molecule has 5 N–H and O–H groups in total. The first-order valence-corrected chi connectivity index (χ1v) is 9.21. The number of hydrogen-bond acceptors (Lipinski definition) is 3. The number of benzene rings is 2. The Balaban J connectivity index is 1.76. The van der Waals surface area contributed by atoms with Gasteiger partial charge >= 0.3 is 5.69 Å². The second-order valence-electron chi connectivity index (χ2n) is 6.98. The number of rotatable bonds is 2. The maximum absolute atomic E-state index is 12.7. The molecule has 28 heavy (non-hydrogen) atoms. The van der Waals surface area contributed by atoms with Crippen molar-refractivity contribution in [2.45, 2.75) is 12.5 Å². The number of fused-ring (bicyclic) bond motifs is 3. The van der Waals surface area contributed by atoms with Gasteiger partial charge in [-0.05, 0) is 23.8 Å².